The van der Waals surface area contributed by atoms with Crippen LogP contribution >= 0.6 is 0 Å². The molecule has 0 bridgehead atoms. The summed E-state index contributed by atoms with van der Waals surface area (Å²) in [6.45, 7) is 1.76. The fourth-order valence-electron chi connectivity index (χ4n) is 3.30. The number of aromatic nitrogens is 2. The average molecular weight is 402 g/mol. The minimum Gasteiger partial charge on any atom is -0.361 e. The molecule has 0 aliphatic carbocycles. The highest BCUT2D eigenvalue weighted by Gasteiger charge is 2.38. The summed E-state index contributed by atoms with van der Waals surface area (Å²) in [5, 5.41) is 7.51. The van der Waals surface area contributed by atoms with Crippen LogP contribution in [0.1, 0.15) is 34.6 Å². The van der Waals surface area contributed by atoms with Crippen molar-refractivity contribution in [3.8, 4) is 0 Å². The minimum atomic E-state index is -4.47. The van der Waals surface area contributed by atoms with E-state index in [1.807, 2.05) is 0 Å². The van der Waals surface area contributed by atoms with E-state index in [0.29, 0.717) is 11.5 Å². The van der Waals surface area contributed by atoms with Gasteiger partial charge in [-0.2, -0.15) is 13.2 Å². The first-order valence-corrected chi connectivity index (χ1v) is 8.79. The number of hydrazine groups is 1. The van der Waals surface area contributed by atoms with Crippen LogP contribution in [0.4, 0.5) is 13.2 Å². The van der Waals surface area contributed by atoms with E-state index in [0.717, 1.165) is 6.07 Å². The lowest BCUT2D eigenvalue weighted by Gasteiger charge is -2.35. The molecule has 29 heavy (non-hydrogen) atoms. The molecular formula is C19H17F3N6O. The molecular weight excluding hydrogens is 385 g/mol. The second kappa shape index (κ2) is 7.21. The molecule has 2 unspecified atom stereocenters. The number of alkyl halides is 3. The predicted octanol–water partition coefficient (Wildman–Crippen LogP) is 2.46. The summed E-state index contributed by atoms with van der Waals surface area (Å²) in [5.41, 5.74) is 3.23. The van der Waals surface area contributed by atoms with Crippen molar-refractivity contribution < 1.29 is 18.0 Å². The van der Waals surface area contributed by atoms with Crippen LogP contribution in [0, 0.1) is 0 Å². The number of nitrogens with one attached hydrogen (secondary N) is 3. The Bertz CT molecular complexity index is 989. The molecule has 1 amide bonds. The smallest absolute Gasteiger partial charge is 0.361 e. The summed E-state index contributed by atoms with van der Waals surface area (Å²) < 4.78 is 40.2. The van der Waals surface area contributed by atoms with Gasteiger partial charge in [0, 0.05) is 12.4 Å². The fourth-order valence-corrected chi connectivity index (χ4v) is 3.30. The van der Waals surface area contributed by atoms with E-state index < -0.39 is 23.7 Å². The molecule has 2 aromatic rings. The Labute approximate surface area is 164 Å². The number of benzene rings is 1. The molecule has 3 heterocycles. The fraction of sp³-hybridized carbons (Fsp3) is 0.211. The summed E-state index contributed by atoms with van der Waals surface area (Å²) in [5.74, 6) is -0.0667. The molecule has 7 nitrogen and oxygen atoms in total. The lowest BCUT2D eigenvalue weighted by Crippen LogP contribution is -2.51. The molecule has 2 atom stereocenters. The number of nitrogens with zero attached hydrogens (tertiary/aromatic N) is 3. The van der Waals surface area contributed by atoms with Crippen LogP contribution < -0.4 is 16.1 Å². The van der Waals surface area contributed by atoms with Crippen LogP contribution in [0.5, 0.6) is 0 Å². The van der Waals surface area contributed by atoms with Crippen LogP contribution in [-0.4, -0.2) is 27.0 Å². The Morgan fingerprint density at radius 1 is 1.21 bits per heavy atom. The van der Waals surface area contributed by atoms with Crippen LogP contribution in [-0.2, 0) is 6.18 Å². The molecule has 10 heteroatoms. The number of hydrogen-bond acceptors (Lipinski definition) is 6. The molecule has 0 spiro atoms. The van der Waals surface area contributed by atoms with Crippen LogP contribution in [0.2, 0.25) is 0 Å². The SMILES string of the molecule is CC1=C(NC(=O)c2cnccn2)N2NC(c3ccccc3C(F)(F)F)C=CC2N1. The summed E-state index contributed by atoms with van der Waals surface area (Å²) in [7, 11) is 0. The minimum absolute atomic E-state index is 0.0962. The molecule has 2 aliphatic rings. The average Bonchev–Trinajstić information content (AvgIpc) is 3.02. The molecule has 150 valence electrons. The lowest BCUT2D eigenvalue weighted by molar-refractivity contribution is -0.138. The van der Waals surface area contributed by atoms with E-state index in [1.54, 1.807) is 30.2 Å². The van der Waals surface area contributed by atoms with Crippen LogP contribution in [0.3, 0.4) is 0 Å². The number of amides is 1. The highest BCUT2D eigenvalue weighted by Crippen LogP contribution is 2.36. The maximum atomic E-state index is 13.4. The topological polar surface area (TPSA) is 82.2 Å². The lowest BCUT2D eigenvalue weighted by atomic mass is 9.99. The zero-order valence-corrected chi connectivity index (χ0v) is 15.2. The van der Waals surface area contributed by atoms with E-state index in [1.165, 1.54) is 30.7 Å². The van der Waals surface area contributed by atoms with Crippen LogP contribution in [0.15, 0.2) is 66.5 Å². The zero-order chi connectivity index (χ0) is 20.6. The highest BCUT2D eigenvalue weighted by molar-refractivity contribution is 5.93. The van der Waals surface area contributed by atoms with Crippen molar-refractivity contribution in [2.75, 3.05) is 0 Å². The van der Waals surface area contributed by atoms with E-state index in [4.69, 9.17) is 0 Å². The Balaban J connectivity index is 1.59. The molecule has 3 N–H and O–H groups in total. The van der Waals surface area contributed by atoms with Crippen molar-refractivity contribution >= 4 is 5.91 Å². The van der Waals surface area contributed by atoms with Crippen molar-refractivity contribution in [1.29, 1.82) is 0 Å². The first-order valence-electron chi connectivity index (χ1n) is 8.79. The van der Waals surface area contributed by atoms with Gasteiger partial charge in [0.05, 0.1) is 23.5 Å². The molecule has 4 rings (SSSR count). The van der Waals surface area contributed by atoms with Crippen molar-refractivity contribution in [2.24, 2.45) is 0 Å². The molecule has 2 aliphatic heterocycles. The second-order valence-electron chi connectivity index (χ2n) is 6.55. The van der Waals surface area contributed by atoms with E-state index >= 15 is 0 Å². The van der Waals surface area contributed by atoms with E-state index in [9.17, 15) is 18.0 Å². The molecule has 0 saturated carbocycles. The number of carbonyl (C=O) groups excluding carboxylic acids is 1. The number of hydrogen-bond donors (Lipinski definition) is 3. The van der Waals surface area contributed by atoms with E-state index in [2.05, 4.69) is 26.0 Å². The van der Waals surface area contributed by atoms with Gasteiger partial charge in [0.15, 0.2) is 0 Å². The first-order chi connectivity index (χ1) is 13.8. The maximum Gasteiger partial charge on any atom is 0.416 e. The zero-order valence-electron chi connectivity index (χ0n) is 15.2. The number of carbonyl (C=O) groups is 1. The Kier molecular flexibility index (Phi) is 4.71. The summed E-state index contributed by atoms with van der Waals surface area (Å²) in [6, 6.07) is 4.68. The summed E-state index contributed by atoms with van der Waals surface area (Å²) in [6.07, 6.45) is 2.78. The number of halogens is 3. The third-order valence-electron chi connectivity index (χ3n) is 4.63. The third-order valence-corrected chi connectivity index (χ3v) is 4.63. The molecule has 0 saturated heterocycles. The summed E-state index contributed by atoms with van der Waals surface area (Å²) >= 11 is 0. The predicted molar refractivity (Wildman–Crippen MR) is 97.4 cm³/mol. The van der Waals surface area contributed by atoms with Gasteiger partial charge < -0.3 is 10.6 Å². The van der Waals surface area contributed by atoms with Crippen LogP contribution in [0.25, 0.3) is 0 Å². The highest BCUT2D eigenvalue weighted by atomic mass is 19.4. The van der Waals surface area contributed by atoms with Crippen molar-refractivity contribution in [2.45, 2.75) is 25.3 Å². The second-order valence-corrected chi connectivity index (χ2v) is 6.55. The Morgan fingerprint density at radius 2 is 2.00 bits per heavy atom. The Hall–Kier alpha value is -3.40. The summed E-state index contributed by atoms with van der Waals surface area (Å²) in [4.78, 5) is 20.3. The van der Waals surface area contributed by atoms with Gasteiger partial charge in [0.2, 0.25) is 0 Å². The largest absolute Gasteiger partial charge is 0.416 e. The van der Waals surface area contributed by atoms with Gasteiger partial charge in [-0.3, -0.25) is 14.8 Å². The van der Waals surface area contributed by atoms with E-state index in [-0.39, 0.29) is 17.4 Å². The van der Waals surface area contributed by atoms with Gasteiger partial charge in [-0.05, 0) is 24.6 Å². The molecule has 1 aromatic heterocycles. The first kappa shape index (κ1) is 18.9. The van der Waals surface area contributed by atoms with Crippen molar-refractivity contribution in [3.05, 3.63) is 83.3 Å². The van der Waals surface area contributed by atoms with Crippen molar-refractivity contribution in [1.82, 2.24) is 31.0 Å². The quantitative estimate of drug-likeness (QED) is 0.685. The Morgan fingerprint density at radius 3 is 2.72 bits per heavy atom. The number of rotatable bonds is 3. The number of fused-ring (bicyclic) bond motifs is 1. The van der Waals surface area contributed by atoms with Gasteiger partial charge in [0.25, 0.3) is 5.91 Å². The standard InChI is InChI=1S/C19H17F3N6O/c1-11-17(26-18(29)15-10-23-8-9-24-15)28-16(25-11)7-6-14(27-28)12-4-2-3-5-13(12)19(20,21)22/h2-10,14,16,25,27H,1H3,(H,26,29). The molecule has 0 radical (unpaired) electrons. The van der Waals surface area contributed by atoms with Gasteiger partial charge in [-0.1, -0.05) is 24.3 Å². The third kappa shape index (κ3) is 3.66. The molecule has 0 fully saturated rings. The molecule has 1 aromatic carbocycles. The maximum absolute atomic E-state index is 13.4. The van der Waals surface area contributed by atoms with Gasteiger partial charge in [0.1, 0.15) is 17.7 Å². The van der Waals surface area contributed by atoms with Crippen molar-refractivity contribution in [3.63, 3.8) is 0 Å². The number of allylic oxidation sites excluding steroid dienone is 1. The van der Waals surface area contributed by atoms with Gasteiger partial charge in [-0.25, -0.2) is 10.4 Å². The van der Waals surface area contributed by atoms with Gasteiger partial charge >= 0.3 is 6.18 Å². The monoisotopic (exact) mass is 402 g/mol. The van der Waals surface area contributed by atoms with Gasteiger partial charge in [-0.15, -0.1) is 0 Å². The normalized spacial score (nSPS) is 21.0.